The molecule has 0 saturated carbocycles. The summed E-state index contributed by atoms with van der Waals surface area (Å²) in [7, 11) is -4.19. The van der Waals surface area contributed by atoms with Crippen LogP contribution in [-0.4, -0.2) is 44.3 Å². The second kappa shape index (κ2) is 15.0. The summed E-state index contributed by atoms with van der Waals surface area (Å²) in [5, 5.41) is 3.36. The lowest BCUT2D eigenvalue weighted by atomic mass is 10.0. The number of carbonyl (C=O) groups excluding carboxylic acids is 2. The molecule has 0 spiro atoms. The summed E-state index contributed by atoms with van der Waals surface area (Å²) in [5.41, 5.74) is 3.96. The maximum Gasteiger partial charge on any atom is 0.264 e. The van der Waals surface area contributed by atoms with E-state index in [0.717, 1.165) is 33.0 Å². The number of anilines is 1. The molecule has 1 atom stereocenters. The number of hydrogen-bond acceptors (Lipinski definition) is 4. The molecule has 9 heteroatoms. The van der Waals surface area contributed by atoms with Crippen molar-refractivity contribution in [3.05, 3.63) is 130 Å². The van der Waals surface area contributed by atoms with Crippen LogP contribution < -0.4 is 9.62 Å². The van der Waals surface area contributed by atoms with Crippen molar-refractivity contribution in [2.45, 2.75) is 51.1 Å². The van der Waals surface area contributed by atoms with Gasteiger partial charge in [0.15, 0.2) is 0 Å². The van der Waals surface area contributed by atoms with Crippen LogP contribution in [0.5, 0.6) is 0 Å². The number of nitrogens with one attached hydrogen (secondary N) is 1. The number of sulfonamides is 1. The van der Waals surface area contributed by atoms with E-state index in [0.29, 0.717) is 17.3 Å². The van der Waals surface area contributed by atoms with Crippen molar-refractivity contribution in [2.75, 3.05) is 17.4 Å². The van der Waals surface area contributed by atoms with Gasteiger partial charge in [-0.1, -0.05) is 90.8 Å². The number of aryl methyl sites for hydroxylation is 2. The van der Waals surface area contributed by atoms with E-state index in [1.807, 2.05) is 81.4 Å². The summed E-state index contributed by atoms with van der Waals surface area (Å²) in [6, 6.07) is 29.2. The molecule has 4 aromatic rings. The molecule has 44 heavy (non-hydrogen) atoms. The molecule has 0 aliphatic carbocycles. The van der Waals surface area contributed by atoms with Gasteiger partial charge in [0.1, 0.15) is 12.6 Å². The van der Waals surface area contributed by atoms with Gasteiger partial charge in [-0.15, -0.1) is 0 Å². The maximum atomic E-state index is 14.4. The second-order valence-corrected chi connectivity index (χ2v) is 13.1. The van der Waals surface area contributed by atoms with Crippen LogP contribution in [0.25, 0.3) is 0 Å². The first kappa shape index (κ1) is 32.8. The van der Waals surface area contributed by atoms with Gasteiger partial charge in [0.05, 0.1) is 10.6 Å². The Labute approximate surface area is 265 Å². The molecule has 0 aliphatic heterocycles. The first-order valence-electron chi connectivity index (χ1n) is 14.6. The molecular formula is C35H38ClN3O4S. The first-order valence-corrected chi connectivity index (χ1v) is 16.4. The summed E-state index contributed by atoms with van der Waals surface area (Å²) in [5.74, 6) is -0.795. The van der Waals surface area contributed by atoms with Crippen molar-refractivity contribution in [1.29, 1.82) is 0 Å². The number of carbonyl (C=O) groups is 2. The topological polar surface area (TPSA) is 86.8 Å². The summed E-state index contributed by atoms with van der Waals surface area (Å²) in [6.07, 6.45) is 0.999. The molecule has 2 amide bonds. The fourth-order valence-electron chi connectivity index (χ4n) is 4.86. The fourth-order valence-corrected chi connectivity index (χ4v) is 6.39. The van der Waals surface area contributed by atoms with Crippen LogP contribution in [0.15, 0.2) is 108 Å². The largest absolute Gasteiger partial charge is 0.354 e. The van der Waals surface area contributed by atoms with Gasteiger partial charge in [-0.25, -0.2) is 8.42 Å². The normalized spacial score (nSPS) is 11.9. The third kappa shape index (κ3) is 8.49. The van der Waals surface area contributed by atoms with Gasteiger partial charge in [-0.05, 0) is 73.4 Å². The highest BCUT2D eigenvalue weighted by atomic mass is 35.5. The minimum absolute atomic E-state index is 0.00261. The van der Waals surface area contributed by atoms with E-state index in [9.17, 15) is 18.0 Å². The van der Waals surface area contributed by atoms with Gasteiger partial charge < -0.3 is 10.2 Å². The zero-order valence-electron chi connectivity index (χ0n) is 25.2. The van der Waals surface area contributed by atoms with Crippen molar-refractivity contribution in [2.24, 2.45) is 0 Å². The van der Waals surface area contributed by atoms with E-state index >= 15 is 0 Å². The quantitative estimate of drug-likeness (QED) is 0.187. The predicted molar refractivity (Wildman–Crippen MR) is 176 cm³/mol. The highest BCUT2D eigenvalue weighted by molar-refractivity contribution is 7.92. The highest BCUT2D eigenvalue weighted by Gasteiger charge is 2.34. The number of hydrogen-bond donors (Lipinski definition) is 1. The Morgan fingerprint density at radius 3 is 2.14 bits per heavy atom. The SMILES string of the molecule is CCCNC(=O)[C@H](Cc1ccccc1)N(Cc1ccc(C)cc1)C(=O)CN(c1cccc(C)c1)S(=O)(=O)c1ccc(Cl)cc1. The molecule has 0 unspecified atom stereocenters. The van der Waals surface area contributed by atoms with E-state index in [1.54, 1.807) is 18.2 Å². The van der Waals surface area contributed by atoms with Crippen LogP contribution in [0.3, 0.4) is 0 Å². The number of nitrogens with zero attached hydrogens (tertiary/aromatic N) is 2. The monoisotopic (exact) mass is 631 g/mol. The van der Waals surface area contributed by atoms with E-state index in [1.165, 1.54) is 29.2 Å². The Bertz CT molecular complexity index is 1660. The summed E-state index contributed by atoms with van der Waals surface area (Å²) in [4.78, 5) is 29.6. The summed E-state index contributed by atoms with van der Waals surface area (Å²) >= 11 is 6.05. The van der Waals surface area contributed by atoms with Gasteiger partial charge in [-0.2, -0.15) is 0 Å². The first-order chi connectivity index (χ1) is 21.1. The molecule has 0 bridgehead atoms. The van der Waals surface area contributed by atoms with E-state index in [4.69, 9.17) is 11.6 Å². The number of benzene rings is 4. The third-order valence-corrected chi connectivity index (χ3v) is 9.30. The van der Waals surface area contributed by atoms with Gasteiger partial charge in [-0.3, -0.25) is 13.9 Å². The van der Waals surface area contributed by atoms with Crippen LogP contribution in [0.4, 0.5) is 5.69 Å². The lowest BCUT2D eigenvalue weighted by Crippen LogP contribution is -2.53. The standard InChI is InChI=1S/C35H38ClN3O4S/c1-4-21-37-35(41)33(23-28-10-6-5-7-11-28)38(24-29-15-13-26(2)14-16-29)34(40)25-39(31-12-8-9-27(3)22-31)44(42,43)32-19-17-30(36)18-20-32/h5-20,22,33H,4,21,23-25H2,1-3H3,(H,37,41)/t33-/m0/s1. The number of rotatable bonds is 13. The minimum atomic E-state index is -4.19. The van der Waals surface area contributed by atoms with Crippen molar-refractivity contribution >= 4 is 39.1 Å². The minimum Gasteiger partial charge on any atom is -0.354 e. The van der Waals surface area contributed by atoms with Crippen LogP contribution >= 0.6 is 11.6 Å². The second-order valence-electron chi connectivity index (χ2n) is 10.8. The Morgan fingerprint density at radius 2 is 1.50 bits per heavy atom. The molecule has 230 valence electrons. The molecule has 7 nitrogen and oxygen atoms in total. The lowest BCUT2D eigenvalue weighted by Gasteiger charge is -2.34. The molecule has 4 rings (SSSR count). The molecular weight excluding hydrogens is 594 g/mol. The molecule has 1 N–H and O–H groups in total. The van der Waals surface area contributed by atoms with Crippen molar-refractivity contribution in [1.82, 2.24) is 10.2 Å². The van der Waals surface area contributed by atoms with Gasteiger partial charge in [0, 0.05) is 24.5 Å². The fraction of sp³-hybridized carbons (Fsp3) is 0.257. The molecule has 0 aliphatic rings. The van der Waals surface area contributed by atoms with Crippen LogP contribution in [0.1, 0.15) is 35.6 Å². The zero-order chi connectivity index (χ0) is 31.7. The van der Waals surface area contributed by atoms with Crippen molar-refractivity contribution < 1.29 is 18.0 Å². The molecule has 0 fully saturated rings. The van der Waals surface area contributed by atoms with Crippen molar-refractivity contribution in [3.8, 4) is 0 Å². The molecule has 0 saturated heterocycles. The molecule has 0 radical (unpaired) electrons. The number of halogens is 1. The average molecular weight is 632 g/mol. The smallest absolute Gasteiger partial charge is 0.264 e. The van der Waals surface area contributed by atoms with Crippen LogP contribution in [-0.2, 0) is 32.6 Å². The lowest BCUT2D eigenvalue weighted by molar-refractivity contribution is -0.140. The molecule has 0 heterocycles. The average Bonchev–Trinajstić information content (AvgIpc) is 3.01. The van der Waals surface area contributed by atoms with Crippen LogP contribution in [0, 0.1) is 13.8 Å². The predicted octanol–water partition coefficient (Wildman–Crippen LogP) is 6.32. The van der Waals surface area contributed by atoms with Gasteiger partial charge in [0.25, 0.3) is 10.0 Å². The van der Waals surface area contributed by atoms with E-state index < -0.39 is 28.5 Å². The summed E-state index contributed by atoms with van der Waals surface area (Å²) in [6.45, 7) is 5.87. The Morgan fingerprint density at radius 1 is 0.818 bits per heavy atom. The Hall–Kier alpha value is -4.14. The molecule has 4 aromatic carbocycles. The van der Waals surface area contributed by atoms with Gasteiger partial charge in [0.2, 0.25) is 11.8 Å². The number of amides is 2. The third-order valence-electron chi connectivity index (χ3n) is 7.26. The van der Waals surface area contributed by atoms with Gasteiger partial charge >= 0.3 is 0 Å². The zero-order valence-corrected chi connectivity index (χ0v) is 26.8. The van der Waals surface area contributed by atoms with Crippen molar-refractivity contribution in [3.63, 3.8) is 0 Å². The maximum absolute atomic E-state index is 14.4. The van der Waals surface area contributed by atoms with E-state index in [-0.39, 0.29) is 23.8 Å². The Balaban J connectivity index is 1.79. The molecule has 0 aromatic heterocycles. The Kier molecular flexibility index (Phi) is 11.2. The highest BCUT2D eigenvalue weighted by Crippen LogP contribution is 2.26. The van der Waals surface area contributed by atoms with Crippen LogP contribution in [0.2, 0.25) is 5.02 Å². The summed E-state index contributed by atoms with van der Waals surface area (Å²) < 4.78 is 29.3. The van der Waals surface area contributed by atoms with E-state index in [2.05, 4.69) is 5.32 Å².